The van der Waals surface area contributed by atoms with Crippen LogP contribution in [-0.2, 0) is 0 Å². The number of carbonyl (C=O) groups excluding carboxylic acids is 1. The maximum atomic E-state index is 12.2. The Bertz CT molecular complexity index is 566. The quantitative estimate of drug-likeness (QED) is 0.754. The molecule has 20 heavy (non-hydrogen) atoms. The molecule has 1 amide bonds. The maximum absolute atomic E-state index is 12.2. The van der Waals surface area contributed by atoms with E-state index < -0.39 is 0 Å². The van der Waals surface area contributed by atoms with Gasteiger partial charge in [0, 0.05) is 32.2 Å². The highest BCUT2D eigenvalue weighted by molar-refractivity contribution is 7.19. The Morgan fingerprint density at radius 1 is 1.45 bits per heavy atom. The van der Waals surface area contributed by atoms with Crippen molar-refractivity contribution in [3.63, 3.8) is 0 Å². The molecule has 2 fully saturated rings. The Balaban J connectivity index is 1.89. The minimum atomic E-state index is -0.145. The van der Waals surface area contributed by atoms with Gasteiger partial charge in [0.1, 0.15) is 21.5 Å². The van der Waals surface area contributed by atoms with Gasteiger partial charge in [-0.3, -0.25) is 4.79 Å². The van der Waals surface area contributed by atoms with E-state index in [1.165, 1.54) is 11.3 Å². The van der Waals surface area contributed by atoms with E-state index in [1.807, 2.05) is 0 Å². The van der Waals surface area contributed by atoms with Crippen LogP contribution in [0.25, 0.3) is 0 Å². The second kappa shape index (κ2) is 5.31. The number of amides is 1. The molecule has 6 nitrogen and oxygen atoms in total. The smallest absolute Gasteiger partial charge is 0.263 e. The number of nitrogens with one attached hydrogen (secondary N) is 2. The fraction of sp³-hybridized carbons (Fsp3) is 0.538. The number of nitrogens with two attached hydrogens (primary N) is 1. The van der Waals surface area contributed by atoms with Crippen LogP contribution in [0.2, 0.25) is 0 Å². The average molecular weight is 291 g/mol. The summed E-state index contributed by atoms with van der Waals surface area (Å²) in [6.07, 6.45) is 2.07. The lowest BCUT2D eigenvalue weighted by molar-refractivity contribution is 0.0956. The van der Waals surface area contributed by atoms with E-state index in [1.54, 1.807) is 0 Å². The molecule has 1 aromatic heterocycles. The molecule has 1 aromatic rings. The van der Waals surface area contributed by atoms with E-state index in [0.717, 1.165) is 44.0 Å². The molecule has 0 unspecified atom stereocenters. The van der Waals surface area contributed by atoms with E-state index in [9.17, 15) is 10.1 Å². The van der Waals surface area contributed by atoms with Gasteiger partial charge in [0.15, 0.2) is 0 Å². The summed E-state index contributed by atoms with van der Waals surface area (Å²) in [6, 6.07) is 2.44. The van der Waals surface area contributed by atoms with Gasteiger partial charge in [-0.15, -0.1) is 11.3 Å². The van der Waals surface area contributed by atoms with Crippen LogP contribution in [0.15, 0.2) is 0 Å². The van der Waals surface area contributed by atoms with Gasteiger partial charge in [0.2, 0.25) is 0 Å². The van der Waals surface area contributed by atoms with Crippen LogP contribution < -0.4 is 21.3 Å². The molecule has 0 atom stereocenters. The van der Waals surface area contributed by atoms with Crippen LogP contribution in [0.3, 0.4) is 0 Å². The van der Waals surface area contributed by atoms with Crippen molar-refractivity contribution in [1.82, 2.24) is 10.6 Å². The van der Waals surface area contributed by atoms with E-state index in [-0.39, 0.29) is 11.9 Å². The number of anilines is 2. The van der Waals surface area contributed by atoms with Gasteiger partial charge >= 0.3 is 0 Å². The summed E-state index contributed by atoms with van der Waals surface area (Å²) >= 11 is 1.33. The Labute approximate surface area is 121 Å². The summed E-state index contributed by atoms with van der Waals surface area (Å²) in [7, 11) is 0. The Morgan fingerprint density at radius 2 is 2.15 bits per heavy atom. The number of nitrogens with zero attached hydrogens (tertiary/aromatic N) is 2. The van der Waals surface area contributed by atoms with Crippen molar-refractivity contribution in [2.24, 2.45) is 0 Å². The summed E-state index contributed by atoms with van der Waals surface area (Å²) in [6.45, 7) is 3.43. The molecule has 1 saturated heterocycles. The van der Waals surface area contributed by atoms with E-state index in [4.69, 9.17) is 5.73 Å². The Hall–Kier alpha value is -1.78. The first-order valence-corrected chi connectivity index (χ1v) is 7.61. The molecule has 7 heteroatoms. The zero-order chi connectivity index (χ0) is 14.1. The first-order valence-electron chi connectivity index (χ1n) is 6.79. The Kier molecular flexibility index (Phi) is 3.51. The summed E-state index contributed by atoms with van der Waals surface area (Å²) in [5.41, 5.74) is 6.77. The highest BCUT2D eigenvalue weighted by Crippen LogP contribution is 2.38. The monoisotopic (exact) mass is 291 g/mol. The van der Waals surface area contributed by atoms with Crippen LogP contribution in [0.5, 0.6) is 0 Å². The molecule has 2 heterocycles. The molecule has 3 rings (SSSR count). The number of carbonyl (C=O) groups is 1. The van der Waals surface area contributed by atoms with Crippen molar-refractivity contribution < 1.29 is 4.79 Å². The molecule has 2 aliphatic rings. The van der Waals surface area contributed by atoms with Gasteiger partial charge in [-0.25, -0.2) is 0 Å². The lowest BCUT2D eigenvalue weighted by Crippen LogP contribution is -2.43. The Morgan fingerprint density at radius 3 is 2.75 bits per heavy atom. The molecule has 106 valence electrons. The van der Waals surface area contributed by atoms with Crippen molar-refractivity contribution in [1.29, 1.82) is 5.26 Å². The molecule has 1 aliphatic heterocycles. The van der Waals surface area contributed by atoms with Gasteiger partial charge in [-0.05, 0) is 12.8 Å². The zero-order valence-corrected chi connectivity index (χ0v) is 11.9. The molecule has 0 spiro atoms. The maximum Gasteiger partial charge on any atom is 0.263 e. The average Bonchev–Trinajstić information content (AvgIpc) is 3.21. The normalized spacial score (nSPS) is 18.6. The van der Waals surface area contributed by atoms with E-state index in [2.05, 4.69) is 21.6 Å². The number of nitrogen functional groups attached to an aromatic ring is 1. The SMILES string of the molecule is N#Cc1c(N2CCNCC2)sc(C(=O)NC2CC2)c1N. The van der Waals surface area contributed by atoms with Crippen molar-refractivity contribution in [3.05, 3.63) is 10.4 Å². The minimum absolute atomic E-state index is 0.145. The van der Waals surface area contributed by atoms with Crippen LogP contribution in [0.1, 0.15) is 28.1 Å². The van der Waals surface area contributed by atoms with Crippen molar-refractivity contribution in [3.8, 4) is 6.07 Å². The van der Waals surface area contributed by atoms with Crippen molar-refractivity contribution in [2.75, 3.05) is 36.8 Å². The standard InChI is InChI=1S/C13H17N5OS/c14-7-9-10(15)11(12(19)17-8-1-2-8)20-13(9)18-5-3-16-4-6-18/h8,16H,1-6,15H2,(H,17,19). The second-order valence-corrected chi connectivity index (χ2v) is 6.12. The van der Waals surface area contributed by atoms with Crippen LogP contribution in [0, 0.1) is 11.3 Å². The molecular formula is C13H17N5OS. The predicted molar refractivity (Wildman–Crippen MR) is 79.0 cm³/mol. The van der Waals surface area contributed by atoms with Gasteiger partial charge in [-0.2, -0.15) is 5.26 Å². The number of rotatable bonds is 3. The first kappa shape index (κ1) is 13.2. The predicted octanol–water partition coefficient (Wildman–Crippen LogP) is 0.504. The van der Waals surface area contributed by atoms with E-state index >= 15 is 0 Å². The fourth-order valence-corrected chi connectivity index (χ4v) is 3.40. The highest BCUT2D eigenvalue weighted by Gasteiger charge is 2.29. The van der Waals surface area contributed by atoms with E-state index in [0.29, 0.717) is 16.1 Å². The molecule has 0 aromatic carbocycles. The van der Waals surface area contributed by atoms with Crippen LogP contribution in [0.4, 0.5) is 10.7 Å². The highest BCUT2D eigenvalue weighted by atomic mass is 32.1. The van der Waals surface area contributed by atoms with Gasteiger partial charge in [0.05, 0.1) is 5.69 Å². The molecule has 0 radical (unpaired) electrons. The fourth-order valence-electron chi connectivity index (χ4n) is 2.28. The summed E-state index contributed by atoms with van der Waals surface area (Å²) < 4.78 is 0. The number of hydrogen-bond donors (Lipinski definition) is 3. The lowest BCUT2D eigenvalue weighted by atomic mass is 10.2. The molecule has 1 aliphatic carbocycles. The van der Waals surface area contributed by atoms with Gasteiger partial charge in [-0.1, -0.05) is 0 Å². The summed E-state index contributed by atoms with van der Waals surface area (Å²) in [4.78, 5) is 14.8. The van der Waals surface area contributed by atoms with Crippen LogP contribution in [-0.4, -0.2) is 38.1 Å². The topological polar surface area (TPSA) is 94.2 Å². The largest absolute Gasteiger partial charge is 0.396 e. The third-order valence-electron chi connectivity index (χ3n) is 3.56. The first-order chi connectivity index (χ1) is 9.70. The minimum Gasteiger partial charge on any atom is -0.396 e. The number of hydrogen-bond acceptors (Lipinski definition) is 6. The molecule has 4 N–H and O–H groups in total. The number of piperazine rings is 1. The lowest BCUT2D eigenvalue weighted by Gasteiger charge is -2.28. The van der Waals surface area contributed by atoms with Gasteiger partial charge in [0.25, 0.3) is 5.91 Å². The summed E-state index contributed by atoms with van der Waals surface area (Å²) in [5.74, 6) is -0.145. The summed E-state index contributed by atoms with van der Waals surface area (Å²) in [5, 5.41) is 16.3. The number of thiophene rings is 1. The third-order valence-corrected chi connectivity index (χ3v) is 4.83. The van der Waals surface area contributed by atoms with Crippen molar-refractivity contribution >= 4 is 27.9 Å². The number of nitriles is 1. The molecule has 0 bridgehead atoms. The molecular weight excluding hydrogens is 274 g/mol. The zero-order valence-electron chi connectivity index (χ0n) is 11.1. The van der Waals surface area contributed by atoms with Crippen molar-refractivity contribution in [2.45, 2.75) is 18.9 Å². The van der Waals surface area contributed by atoms with Crippen LogP contribution >= 0.6 is 11.3 Å². The van der Waals surface area contributed by atoms with Gasteiger partial charge < -0.3 is 21.3 Å². The molecule has 1 saturated carbocycles. The third kappa shape index (κ3) is 2.44. The second-order valence-electron chi connectivity index (χ2n) is 5.12.